The lowest BCUT2D eigenvalue weighted by Crippen LogP contribution is -2.30. The van der Waals surface area contributed by atoms with Crippen molar-refractivity contribution in [2.75, 3.05) is 5.32 Å². The van der Waals surface area contributed by atoms with Crippen molar-refractivity contribution >= 4 is 28.9 Å². The molecule has 8 heteroatoms. The van der Waals surface area contributed by atoms with Gasteiger partial charge in [0.15, 0.2) is 17.7 Å². The van der Waals surface area contributed by atoms with Crippen LogP contribution in [0.25, 0.3) is 0 Å². The number of thiazole rings is 1. The molecule has 2 rings (SSSR count). The Morgan fingerprint density at radius 1 is 1.26 bits per heavy atom. The lowest BCUT2D eigenvalue weighted by Gasteiger charge is -2.13. The first-order valence-electron chi connectivity index (χ1n) is 6.69. The molecule has 122 valence electrons. The molecule has 1 amide bonds. The van der Waals surface area contributed by atoms with Crippen molar-refractivity contribution in [2.45, 2.75) is 26.9 Å². The Morgan fingerprint density at radius 2 is 1.96 bits per heavy atom. The van der Waals surface area contributed by atoms with Gasteiger partial charge in [0.05, 0.1) is 10.7 Å². The lowest BCUT2D eigenvalue weighted by molar-refractivity contribution is -0.123. The molecule has 0 fully saturated rings. The molecule has 0 spiro atoms. The number of aromatic nitrogens is 1. The summed E-state index contributed by atoms with van der Waals surface area (Å²) in [6.07, 6.45) is -1.10. The van der Waals surface area contributed by atoms with Crippen LogP contribution in [-0.2, 0) is 9.53 Å². The van der Waals surface area contributed by atoms with Gasteiger partial charge in [0.25, 0.3) is 5.91 Å². The van der Waals surface area contributed by atoms with E-state index in [1.165, 1.54) is 24.3 Å². The second-order valence-corrected chi connectivity index (χ2v) is 6.02. The molecule has 5 nitrogen and oxygen atoms in total. The first-order chi connectivity index (χ1) is 10.8. The first-order valence-corrected chi connectivity index (χ1v) is 7.50. The maximum absolute atomic E-state index is 13.1. The predicted octanol–water partition coefficient (Wildman–Crippen LogP) is 3.22. The highest BCUT2D eigenvalue weighted by molar-refractivity contribution is 7.13. The summed E-state index contributed by atoms with van der Waals surface area (Å²) in [7, 11) is 0. The molecule has 1 heterocycles. The second-order valence-electron chi connectivity index (χ2n) is 4.81. The molecule has 0 saturated carbocycles. The molecule has 0 aliphatic carbocycles. The number of amides is 1. The van der Waals surface area contributed by atoms with Gasteiger partial charge >= 0.3 is 5.97 Å². The molecule has 23 heavy (non-hydrogen) atoms. The van der Waals surface area contributed by atoms with Crippen LogP contribution in [0.2, 0.25) is 0 Å². The zero-order valence-electron chi connectivity index (χ0n) is 12.6. The largest absolute Gasteiger partial charge is 0.448 e. The van der Waals surface area contributed by atoms with Crippen molar-refractivity contribution in [1.29, 1.82) is 0 Å². The van der Waals surface area contributed by atoms with E-state index in [1.807, 2.05) is 0 Å². The van der Waals surface area contributed by atoms with Crippen LogP contribution >= 0.6 is 11.3 Å². The number of nitrogens with one attached hydrogen (secondary N) is 1. The number of rotatable bonds is 4. The van der Waals surface area contributed by atoms with Crippen molar-refractivity contribution in [3.63, 3.8) is 0 Å². The topological polar surface area (TPSA) is 68.3 Å². The highest BCUT2D eigenvalue weighted by Crippen LogP contribution is 2.19. The Kier molecular flexibility index (Phi) is 5.05. The van der Waals surface area contributed by atoms with Crippen molar-refractivity contribution in [3.05, 3.63) is 45.4 Å². The number of anilines is 1. The van der Waals surface area contributed by atoms with Crippen LogP contribution in [0.4, 0.5) is 14.5 Å². The molecule has 1 aromatic heterocycles. The lowest BCUT2D eigenvalue weighted by atomic mass is 10.2. The number of halogens is 2. The number of aryl methyl sites for hydroxylation is 2. The standard InChI is InChI=1S/C15H14F2N2O3S/c1-7-13(23-9(3)18-7)15(21)22-8(2)14(20)19-10-4-5-11(16)12(17)6-10/h4-6,8H,1-3H3,(H,19,20)/t8-/m1/s1. The fraction of sp³-hybridized carbons (Fsp3) is 0.267. The van der Waals surface area contributed by atoms with E-state index < -0.39 is 29.6 Å². The smallest absolute Gasteiger partial charge is 0.351 e. The highest BCUT2D eigenvalue weighted by Gasteiger charge is 2.22. The minimum atomic E-state index is -1.10. The molecular weight excluding hydrogens is 326 g/mol. The van der Waals surface area contributed by atoms with Crippen LogP contribution in [0.3, 0.4) is 0 Å². The second kappa shape index (κ2) is 6.82. The van der Waals surface area contributed by atoms with Gasteiger partial charge in [-0.2, -0.15) is 0 Å². The van der Waals surface area contributed by atoms with Gasteiger partial charge in [-0.15, -0.1) is 11.3 Å². The summed E-state index contributed by atoms with van der Waals surface area (Å²) < 4.78 is 31.0. The van der Waals surface area contributed by atoms with Gasteiger partial charge in [0, 0.05) is 11.8 Å². The van der Waals surface area contributed by atoms with Crippen molar-refractivity contribution in [1.82, 2.24) is 4.98 Å². The van der Waals surface area contributed by atoms with Crippen molar-refractivity contribution in [2.24, 2.45) is 0 Å². The Hall–Kier alpha value is -2.35. The molecule has 0 aliphatic rings. The average Bonchev–Trinajstić information content (AvgIpc) is 2.81. The Morgan fingerprint density at radius 3 is 2.52 bits per heavy atom. The van der Waals surface area contributed by atoms with Gasteiger partial charge in [-0.05, 0) is 32.9 Å². The van der Waals surface area contributed by atoms with Crippen LogP contribution < -0.4 is 5.32 Å². The molecule has 0 saturated heterocycles. The van der Waals surface area contributed by atoms with E-state index in [-0.39, 0.29) is 5.69 Å². The zero-order valence-corrected chi connectivity index (χ0v) is 13.5. The number of benzene rings is 1. The molecule has 0 bridgehead atoms. The summed E-state index contributed by atoms with van der Waals surface area (Å²) in [6.45, 7) is 4.82. The Balaban J connectivity index is 2.00. The summed E-state index contributed by atoms with van der Waals surface area (Å²) in [4.78, 5) is 28.4. The third-order valence-corrected chi connectivity index (χ3v) is 3.98. The Bertz CT molecular complexity index is 761. The minimum absolute atomic E-state index is 0.0709. The maximum Gasteiger partial charge on any atom is 0.351 e. The van der Waals surface area contributed by atoms with E-state index in [1.54, 1.807) is 13.8 Å². The Labute approximate surface area is 135 Å². The molecule has 0 unspecified atom stereocenters. The fourth-order valence-corrected chi connectivity index (χ4v) is 2.61. The van der Waals surface area contributed by atoms with Crippen molar-refractivity contribution < 1.29 is 23.1 Å². The number of nitrogens with zero attached hydrogens (tertiary/aromatic N) is 1. The molecule has 0 aliphatic heterocycles. The van der Waals surface area contributed by atoms with Gasteiger partial charge in [-0.1, -0.05) is 0 Å². The van der Waals surface area contributed by atoms with Crippen molar-refractivity contribution in [3.8, 4) is 0 Å². The summed E-state index contributed by atoms with van der Waals surface area (Å²) in [5.74, 6) is -3.40. The number of hydrogen-bond donors (Lipinski definition) is 1. The number of carbonyl (C=O) groups is 2. The van der Waals surface area contributed by atoms with E-state index in [9.17, 15) is 18.4 Å². The third-order valence-electron chi connectivity index (χ3n) is 2.93. The van der Waals surface area contributed by atoms with E-state index in [0.717, 1.165) is 12.1 Å². The fourth-order valence-electron chi connectivity index (χ4n) is 1.81. The van der Waals surface area contributed by atoms with E-state index in [2.05, 4.69) is 10.3 Å². The number of hydrogen-bond acceptors (Lipinski definition) is 5. The third kappa shape index (κ3) is 4.10. The molecule has 1 N–H and O–H groups in total. The van der Waals surface area contributed by atoms with Crippen LogP contribution in [0, 0.1) is 25.5 Å². The number of carbonyl (C=O) groups excluding carboxylic acids is 2. The summed E-state index contributed by atoms with van der Waals surface area (Å²) >= 11 is 1.18. The van der Waals surface area contributed by atoms with Crippen LogP contribution in [0.15, 0.2) is 18.2 Å². The van der Waals surface area contributed by atoms with Gasteiger partial charge in [-0.25, -0.2) is 18.6 Å². The van der Waals surface area contributed by atoms with Gasteiger partial charge < -0.3 is 10.1 Å². The van der Waals surface area contributed by atoms with E-state index in [0.29, 0.717) is 15.6 Å². The normalized spacial score (nSPS) is 11.9. The summed E-state index contributed by atoms with van der Waals surface area (Å²) in [6, 6.07) is 2.95. The molecular formula is C15H14F2N2O3S. The van der Waals surface area contributed by atoms with Gasteiger partial charge in [-0.3, -0.25) is 4.79 Å². The molecule has 1 aromatic carbocycles. The number of esters is 1. The number of ether oxygens (including phenoxy) is 1. The van der Waals surface area contributed by atoms with E-state index in [4.69, 9.17) is 4.74 Å². The summed E-state index contributed by atoms with van der Waals surface area (Å²) in [5, 5.41) is 3.07. The maximum atomic E-state index is 13.1. The van der Waals surface area contributed by atoms with Crippen LogP contribution in [0.1, 0.15) is 27.3 Å². The van der Waals surface area contributed by atoms with E-state index >= 15 is 0 Å². The zero-order chi connectivity index (χ0) is 17.1. The molecule has 2 aromatic rings. The monoisotopic (exact) mass is 340 g/mol. The highest BCUT2D eigenvalue weighted by atomic mass is 32.1. The SMILES string of the molecule is Cc1nc(C)c(C(=O)O[C@H](C)C(=O)Nc2ccc(F)c(F)c2)s1. The summed E-state index contributed by atoms with van der Waals surface area (Å²) in [5.41, 5.74) is 0.604. The van der Waals surface area contributed by atoms with Gasteiger partial charge in [0.2, 0.25) is 0 Å². The minimum Gasteiger partial charge on any atom is -0.448 e. The average molecular weight is 340 g/mol. The predicted molar refractivity (Wildman–Crippen MR) is 81.5 cm³/mol. The van der Waals surface area contributed by atoms with Crippen LogP contribution in [0.5, 0.6) is 0 Å². The molecule has 0 radical (unpaired) electrons. The quantitative estimate of drug-likeness (QED) is 0.868. The first kappa shape index (κ1) is 17.0. The molecule has 1 atom stereocenters. The van der Waals surface area contributed by atoms with Gasteiger partial charge in [0.1, 0.15) is 4.88 Å². The van der Waals surface area contributed by atoms with Crippen LogP contribution in [-0.4, -0.2) is 23.0 Å².